The maximum atomic E-state index is 5.63. The molecule has 0 atom stereocenters. The molecule has 0 bridgehead atoms. The number of ether oxygens (including phenoxy) is 2. The van der Waals surface area contributed by atoms with Crippen molar-refractivity contribution in [3.8, 4) is 11.5 Å². The number of fused-ring (bicyclic) bond motifs is 1. The minimum absolute atomic E-state index is 0.572. The molecule has 0 spiro atoms. The lowest BCUT2D eigenvalue weighted by Crippen LogP contribution is -1.99. The first kappa shape index (κ1) is 13.8. The fraction of sp³-hybridized carbons (Fsp3) is 0.267. The van der Waals surface area contributed by atoms with Gasteiger partial charge in [-0.3, -0.25) is 0 Å². The third-order valence-corrected chi connectivity index (χ3v) is 3.71. The Labute approximate surface area is 127 Å². The van der Waals surface area contributed by atoms with Gasteiger partial charge in [0.2, 0.25) is 0 Å². The molecule has 21 heavy (non-hydrogen) atoms. The molecule has 5 nitrogen and oxygen atoms in total. The summed E-state index contributed by atoms with van der Waals surface area (Å²) in [6, 6.07) is 7.69. The average molecular weight is 304 g/mol. The summed E-state index contributed by atoms with van der Waals surface area (Å²) in [5, 5.41) is 0. The average Bonchev–Trinajstić information content (AvgIpc) is 3.02. The molecule has 0 saturated heterocycles. The van der Waals surface area contributed by atoms with Crippen LogP contribution in [-0.4, -0.2) is 23.8 Å². The van der Waals surface area contributed by atoms with Crippen molar-refractivity contribution in [3.63, 3.8) is 0 Å². The van der Waals surface area contributed by atoms with E-state index in [1.807, 2.05) is 35.8 Å². The molecule has 0 aliphatic carbocycles. The topological polar surface area (TPSA) is 52.3 Å². The molecular weight excluding hydrogens is 288 g/mol. The van der Waals surface area contributed by atoms with E-state index in [0.29, 0.717) is 22.8 Å². The zero-order valence-electron chi connectivity index (χ0n) is 12.1. The number of furan rings is 1. The number of hydrogen-bond acceptors (Lipinski definition) is 4. The number of aromatic nitrogens is 2. The van der Waals surface area contributed by atoms with E-state index in [-0.39, 0.29) is 0 Å². The van der Waals surface area contributed by atoms with Gasteiger partial charge in [-0.1, -0.05) is 0 Å². The van der Waals surface area contributed by atoms with Crippen LogP contribution >= 0.6 is 12.2 Å². The first-order valence-corrected chi connectivity index (χ1v) is 6.93. The van der Waals surface area contributed by atoms with Gasteiger partial charge in [-0.2, -0.15) is 0 Å². The quantitative estimate of drug-likeness (QED) is 0.747. The molecule has 2 aromatic heterocycles. The Kier molecular flexibility index (Phi) is 3.47. The molecule has 0 aliphatic heterocycles. The number of hydrogen-bond donors (Lipinski definition) is 1. The van der Waals surface area contributed by atoms with Crippen molar-refractivity contribution in [2.24, 2.45) is 0 Å². The SMILES string of the molecule is COc1cc2[nH]c(=S)n(Cc3ccc(C)o3)c2cc1OC. The van der Waals surface area contributed by atoms with Crippen LogP contribution in [0.2, 0.25) is 0 Å². The van der Waals surface area contributed by atoms with E-state index in [4.69, 9.17) is 26.1 Å². The third kappa shape index (κ3) is 2.42. The van der Waals surface area contributed by atoms with Crippen LogP contribution in [0.1, 0.15) is 11.5 Å². The number of benzene rings is 1. The second-order valence-corrected chi connectivity index (χ2v) is 5.14. The lowest BCUT2D eigenvalue weighted by Gasteiger charge is -2.08. The Balaban J connectivity index is 2.13. The van der Waals surface area contributed by atoms with E-state index in [0.717, 1.165) is 22.6 Å². The molecule has 3 aromatic rings. The van der Waals surface area contributed by atoms with Crippen LogP contribution in [0.5, 0.6) is 11.5 Å². The van der Waals surface area contributed by atoms with Gasteiger partial charge >= 0.3 is 0 Å². The van der Waals surface area contributed by atoms with Gasteiger partial charge < -0.3 is 23.4 Å². The van der Waals surface area contributed by atoms with Gasteiger partial charge in [-0.05, 0) is 31.3 Å². The van der Waals surface area contributed by atoms with Crippen molar-refractivity contribution in [1.82, 2.24) is 9.55 Å². The number of methoxy groups -OCH3 is 2. The molecule has 0 radical (unpaired) electrons. The molecule has 1 aromatic carbocycles. The molecular formula is C15H16N2O3S. The van der Waals surface area contributed by atoms with Crippen molar-refractivity contribution in [1.29, 1.82) is 0 Å². The Morgan fingerprint density at radius 3 is 2.52 bits per heavy atom. The smallest absolute Gasteiger partial charge is 0.178 e. The van der Waals surface area contributed by atoms with Crippen molar-refractivity contribution >= 4 is 23.3 Å². The van der Waals surface area contributed by atoms with Crippen LogP contribution in [0.15, 0.2) is 28.7 Å². The standard InChI is InChI=1S/C15H16N2O3S/c1-9-4-5-10(20-9)8-17-12-7-14(19-3)13(18-2)6-11(12)16-15(17)21/h4-7H,8H2,1-3H3,(H,16,21). The van der Waals surface area contributed by atoms with E-state index in [1.54, 1.807) is 14.2 Å². The molecule has 0 aliphatic rings. The summed E-state index contributed by atoms with van der Waals surface area (Å²) in [6.45, 7) is 2.49. The first-order chi connectivity index (χ1) is 10.1. The predicted octanol–water partition coefficient (Wildman–Crippen LogP) is 3.67. The Bertz CT molecular complexity index is 844. The van der Waals surface area contributed by atoms with Crippen LogP contribution in [0.3, 0.4) is 0 Å². The zero-order valence-corrected chi connectivity index (χ0v) is 12.9. The highest BCUT2D eigenvalue weighted by Crippen LogP contribution is 2.32. The number of rotatable bonds is 4. The summed E-state index contributed by atoms with van der Waals surface area (Å²) < 4.78 is 18.9. The fourth-order valence-electron chi connectivity index (χ4n) is 2.37. The van der Waals surface area contributed by atoms with Crippen LogP contribution in [-0.2, 0) is 6.54 Å². The van der Waals surface area contributed by atoms with Crippen molar-refractivity contribution in [3.05, 3.63) is 40.6 Å². The number of nitrogens with one attached hydrogen (secondary N) is 1. The van der Waals surface area contributed by atoms with Gasteiger partial charge in [-0.15, -0.1) is 0 Å². The van der Waals surface area contributed by atoms with Gasteiger partial charge in [0.25, 0.3) is 0 Å². The summed E-state index contributed by atoms with van der Waals surface area (Å²) in [5.74, 6) is 3.08. The Morgan fingerprint density at radius 2 is 1.90 bits per heavy atom. The zero-order chi connectivity index (χ0) is 15.0. The number of nitrogens with zero attached hydrogens (tertiary/aromatic N) is 1. The van der Waals surface area contributed by atoms with E-state index in [2.05, 4.69) is 4.98 Å². The van der Waals surface area contributed by atoms with E-state index < -0.39 is 0 Å². The summed E-state index contributed by atoms with van der Waals surface area (Å²) in [6.07, 6.45) is 0. The van der Waals surface area contributed by atoms with E-state index in [1.165, 1.54) is 0 Å². The number of H-pyrrole nitrogens is 1. The maximum Gasteiger partial charge on any atom is 0.178 e. The minimum Gasteiger partial charge on any atom is -0.493 e. The van der Waals surface area contributed by atoms with Gasteiger partial charge in [0, 0.05) is 12.1 Å². The largest absolute Gasteiger partial charge is 0.493 e. The molecule has 0 fully saturated rings. The molecule has 3 rings (SSSR count). The summed E-state index contributed by atoms with van der Waals surface area (Å²) in [7, 11) is 3.23. The second kappa shape index (κ2) is 5.29. The highest BCUT2D eigenvalue weighted by Gasteiger charge is 2.12. The molecule has 6 heteroatoms. The van der Waals surface area contributed by atoms with Crippen molar-refractivity contribution < 1.29 is 13.9 Å². The third-order valence-electron chi connectivity index (χ3n) is 3.39. The highest BCUT2D eigenvalue weighted by atomic mass is 32.1. The molecule has 0 saturated carbocycles. The molecule has 2 heterocycles. The van der Waals surface area contributed by atoms with Crippen LogP contribution < -0.4 is 9.47 Å². The Hall–Kier alpha value is -2.21. The van der Waals surface area contributed by atoms with Gasteiger partial charge in [0.05, 0.1) is 31.8 Å². The maximum absolute atomic E-state index is 5.63. The number of aryl methyl sites for hydroxylation is 1. The lowest BCUT2D eigenvalue weighted by molar-refractivity contribution is 0.355. The summed E-state index contributed by atoms with van der Waals surface area (Å²) in [5.41, 5.74) is 1.85. The minimum atomic E-state index is 0.572. The van der Waals surface area contributed by atoms with Crippen LogP contribution in [0, 0.1) is 11.7 Å². The summed E-state index contributed by atoms with van der Waals surface area (Å²) in [4.78, 5) is 3.18. The molecule has 110 valence electrons. The monoisotopic (exact) mass is 304 g/mol. The lowest BCUT2D eigenvalue weighted by atomic mass is 10.2. The predicted molar refractivity (Wildman–Crippen MR) is 82.8 cm³/mol. The molecule has 0 amide bonds. The molecule has 0 unspecified atom stereocenters. The van der Waals surface area contributed by atoms with Crippen LogP contribution in [0.4, 0.5) is 0 Å². The van der Waals surface area contributed by atoms with E-state index in [9.17, 15) is 0 Å². The highest BCUT2D eigenvalue weighted by molar-refractivity contribution is 7.71. The second-order valence-electron chi connectivity index (χ2n) is 4.75. The normalized spacial score (nSPS) is 11.0. The van der Waals surface area contributed by atoms with Gasteiger partial charge in [0.15, 0.2) is 16.3 Å². The van der Waals surface area contributed by atoms with Crippen LogP contribution in [0.25, 0.3) is 11.0 Å². The van der Waals surface area contributed by atoms with Gasteiger partial charge in [-0.25, -0.2) is 0 Å². The Morgan fingerprint density at radius 1 is 1.19 bits per heavy atom. The first-order valence-electron chi connectivity index (χ1n) is 6.52. The number of aromatic amines is 1. The van der Waals surface area contributed by atoms with Crippen molar-refractivity contribution in [2.75, 3.05) is 14.2 Å². The number of imidazole rings is 1. The van der Waals surface area contributed by atoms with Gasteiger partial charge in [0.1, 0.15) is 11.5 Å². The fourth-order valence-corrected chi connectivity index (χ4v) is 2.64. The summed E-state index contributed by atoms with van der Waals surface area (Å²) >= 11 is 5.40. The molecule has 1 N–H and O–H groups in total. The van der Waals surface area contributed by atoms with Crippen molar-refractivity contribution in [2.45, 2.75) is 13.5 Å². The van der Waals surface area contributed by atoms with E-state index >= 15 is 0 Å².